The molecule has 5 rings (SSSR count). The molecule has 3 aromatic rings. The number of hydroxylamine groups is 1. The van der Waals surface area contributed by atoms with Crippen molar-refractivity contribution in [3.8, 4) is 0 Å². The van der Waals surface area contributed by atoms with Crippen molar-refractivity contribution in [1.82, 2.24) is 25.7 Å². The summed E-state index contributed by atoms with van der Waals surface area (Å²) in [7, 11) is 0. The van der Waals surface area contributed by atoms with Gasteiger partial charge in [0.15, 0.2) is 0 Å². The predicted octanol–water partition coefficient (Wildman–Crippen LogP) is 2.72. The number of fused-ring (bicyclic) bond motifs is 2. The van der Waals surface area contributed by atoms with Crippen molar-refractivity contribution in [2.75, 3.05) is 37.8 Å². The van der Waals surface area contributed by atoms with E-state index < -0.39 is 0 Å². The highest BCUT2D eigenvalue weighted by Crippen LogP contribution is 2.46. The van der Waals surface area contributed by atoms with Crippen molar-refractivity contribution < 1.29 is 18.8 Å². The van der Waals surface area contributed by atoms with Gasteiger partial charge in [0, 0.05) is 50.1 Å². The first-order chi connectivity index (χ1) is 17.5. The minimum atomic E-state index is -0.383. The van der Waals surface area contributed by atoms with Crippen LogP contribution in [0.3, 0.4) is 0 Å². The normalized spacial score (nSPS) is 20.7. The van der Waals surface area contributed by atoms with Crippen molar-refractivity contribution in [2.45, 2.75) is 26.4 Å². The highest BCUT2D eigenvalue weighted by Gasteiger charge is 2.55. The standard InChI is InChI=1S/C26H31FN6O3/c1-16(2)15-35-7-8-36-32-25(34)18-10-29-26(30-11-18)33-13-21-22(14-33)24(21)28-12-20-5-3-17-9-19(27)4-6-23(17)31-20/h3-6,9-11,16,21-22,24,28H,7-8,12-15H2,1-2H3,(H,32,34)/t21-,22+,24?. The van der Waals surface area contributed by atoms with Gasteiger partial charge < -0.3 is 15.0 Å². The molecule has 190 valence electrons. The quantitative estimate of drug-likeness (QED) is 0.310. The number of ether oxygens (including phenoxy) is 1. The van der Waals surface area contributed by atoms with Gasteiger partial charge in [-0.3, -0.25) is 14.6 Å². The lowest BCUT2D eigenvalue weighted by Gasteiger charge is -2.20. The number of carbonyl (C=O) groups excluding carboxylic acids is 1. The molecule has 3 heterocycles. The molecule has 36 heavy (non-hydrogen) atoms. The Bertz CT molecular complexity index is 1200. The summed E-state index contributed by atoms with van der Waals surface area (Å²) in [4.78, 5) is 32.9. The number of piperidine rings is 1. The topological polar surface area (TPSA) is 102 Å². The van der Waals surface area contributed by atoms with E-state index >= 15 is 0 Å². The smallest absolute Gasteiger partial charge is 0.277 e. The number of pyridine rings is 1. The van der Waals surface area contributed by atoms with Gasteiger partial charge in [-0.25, -0.2) is 19.8 Å². The van der Waals surface area contributed by atoms with Crippen LogP contribution in [0.1, 0.15) is 29.9 Å². The Morgan fingerprint density at radius 2 is 1.92 bits per heavy atom. The average molecular weight is 495 g/mol. The number of anilines is 1. The van der Waals surface area contributed by atoms with E-state index in [0.29, 0.717) is 55.1 Å². The van der Waals surface area contributed by atoms with E-state index in [2.05, 4.69) is 44.5 Å². The summed E-state index contributed by atoms with van der Waals surface area (Å²) < 4.78 is 18.8. The molecular weight excluding hydrogens is 463 g/mol. The van der Waals surface area contributed by atoms with E-state index in [0.717, 1.165) is 29.7 Å². The van der Waals surface area contributed by atoms with E-state index in [1.54, 1.807) is 6.07 Å². The van der Waals surface area contributed by atoms with E-state index in [-0.39, 0.29) is 18.3 Å². The average Bonchev–Trinajstić information content (AvgIpc) is 3.32. The van der Waals surface area contributed by atoms with Gasteiger partial charge in [0.2, 0.25) is 5.95 Å². The molecule has 1 unspecified atom stereocenters. The van der Waals surface area contributed by atoms with Crippen molar-refractivity contribution in [1.29, 1.82) is 0 Å². The van der Waals surface area contributed by atoms with E-state index in [9.17, 15) is 9.18 Å². The minimum Gasteiger partial charge on any atom is -0.379 e. The van der Waals surface area contributed by atoms with Crippen molar-refractivity contribution in [2.24, 2.45) is 17.8 Å². The Morgan fingerprint density at radius 1 is 1.14 bits per heavy atom. The summed E-state index contributed by atoms with van der Waals surface area (Å²) in [5.41, 5.74) is 4.48. The molecule has 3 atom stereocenters. The fourth-order valence-electron chi connectivity index (χ4n) is 4.65. The van der Waals surface area contributed by atoms with Crippen LogP contribution in [-0.4, -0.2) is 59.8 Å². The van der Waals surface area contributed by atoms with Gasteiger partial charge in [0.1, 0.15) is 5.82 Å². The van der Waals surface area contributed by atoms with Crippen LogP contribution in [0.5, 0.6) is 0 Å². The fraction of sp³-hybridized carbons (Fsp3) is 0.462. The van der Waals surface area contributed by atoms with Crippen molar-refractivity contribution in [3.05, 3.63) is 59.8 Å². The fourth-order valence-corrected chi connectivity index (χ4v) is 4.65. The van der Waals surface area contributed by atoms with Crippen molar-refractivity contribution >= 4 is 22.8 Å². The third-order valence-electron chi connectivity index (χ3n) is 6.55. The van der Waals surface area contributed by atoms with Crippen LogP contribution in [0.15, 0.2) is 42.7 Å². The van der Waals surface area contributed by atoms with Crippen LogP contribution in [0.25, 0.3) is 10.9 Å². The number of carbonyl (C=O) groups is 1. The highest BCUT2D eigenvalue weighted by atomic mass is 19.1. The molecule has 0 bridgehead atoms. The first-order valence-electron chi connectivity index (χ1n) is 12.3. The maximum atomic E-state index is 13.4. The highest BCUT2D eigenvalue weighted by molar-refractivity contribution is 5.92. The minimum absolute atomic E-state index is 0.250. The van der Waals surface area contributed by atoms with Gasteiger partial charge in [0.25, 0.3) is 5.91 Å². The molecule has 1 saturated heterocycles. The lowest BCUT2D eigenvalue weighted by Crippen LogP contribution is -2.32. The third kappa shape index (κ3) is 5.77. The predicted molar refractivity (Wildman–Crippen MR) is 133 cm³/mol. The second kappa shape index (κ2) is 10.8. The van der Waals surface area contributed by atoms with Gasteiger partial charge in [-0.1, -0.05) is 19.9 Å². The summed E-state index contributed by atoms with van der Waals surface area (Å²) in [6.45, 7) is 7.92. The number of amides is 1. The Morgan fingerprint density at radius 3 is 2.67 bits per heavy atom. The maximum Gasteiger partial charge on any atom is 0.277 e. The summed E-state index contributed by atoms with van der Waals surface area (Å²) in [5.74, 6) is 1.53. The molecule has 1 aliphatic carbocycles. The van der Waals surface area contributed by atoms with Crippen LogP contribution in [0.2, 0.25) is 0 Å². The second-order valence-electron chi connectivity index (χ2n) is 9.80. The lowest BCUT2D eigenvalue weighted by molar-refractivity contribution is -0.00490. The number of hydrogen-bond acceptors (Lipinski definition) is 8. The zero-order valence-electron chi connectivity index (χ0n) is 20.5. The Labute approximate surface area is 209 Å². The van der Waals surface area contributed by atoms with Crippen LogP contribution < -0.4 is 15.7 Å². The van der Waals surface area contributed by atoms with Gasteiger partial charge in [-0.2, -0.15) is 0 Å². The summed E-state index contributed by atoms with van der Waals surface area (Å²) in [6.07, 6.45) is 3.04. The number of rotatable bonds is 11. The largest absolute Gasteiger partial charge is 0.379 e. The molecule has 1 amide bonds. The van der Waals surface area contributed by atoms with Gasteiger partial charge in [-0.15, -0.1) is 0 Å². The molecule has 2 aromatic heterocycles. The summed E-state index contributed by atoms with van der Waals surface area (Å²) in [5, 5.41) is 4.41. The Balaban J connectivity index is 1.04. The molecule has 1 aromatic carbocycles. The lowest BCUT2D eigenvalue weighted by atomic mass is 10.2. The summed E-state index contributed by atoms with van der Waals surface area (Å²) >= 11 is 0. The molecule has 10 heteroatoms. The van der Waals surface area contributed by atoms with Crippen molar-refractivity contribution in [3.63, 3.8) is 0 Å². The number of aromatic nitrogens is 3. The number of halogens is 1. The molecule has 1 saturated carbocycles. The molecule has 2 N–H and O–H groups in total. The van der Waals surface area contributed by atoms with E-state index in [1.165, 1.54) is 24.5 Å². The van der Waals surface area contributed by atoms with Crippen LogP contribution in [0, 0.1) is 23.6 Å². The Kier molecular flexibility index (Phi) is 7.35. The third-order valence-corrected chi connectivity index (χ3v) is 6.55. The first kappa shape index (κ1) is 24.5. The van der Waals surface area contributed by atoms with E-state index in [1.807, 2.05) is 12.1 Å². The molecule has 1 aliphatic heterocycles. The molecule has 0 spiro atoms. The van der Waals surface area contributed by atoms with E-state index in [4.69, 9.17) is 9.57 Å². The first-order valence-corrected chi connectivity index (χ1v) is 12.3. The SMILES string of the molecule is CC(C)COCCONC(=O)c1cnc(N2C[C@@H]3C(NCc4ccc5cc(F)ccc5n4)[C@@H]3C2)nc1. The monoisotopic (exact) mass is 494 g/mol. The molecule has 2 fully saturated rings. The zero-order chi connectivity index (χ0) is 25.1. The molecule has 9 nitrogen and oxygen atoms in total. The number of benzene rings is 1. The van der Waals surface area contributed by atoms with Crippen LogP contribution >= 0.6 is 0 Å². The number of nitrogens with one attached hydrogen (secondary N) is 2. The molecule has 2 aliphatic rings. The van der Waals surface area contributed by atoms with Gasteiger partial charge in [-0.05, 0) is 42.0 Å². The van der Waals surface area contributed by atoms with Gasteiger partial charge in [0.05, 0.1) is 30.0 Å². The summed E-state index contributed by atoms with van der Waals surface area (Å²) in [6, 6.07) is 8.94. The van der Waals surface area contributed by atoms with Crippen LogP contribution in [-0.2, 0) is 16.1 Å². The zero-order valence-corrected chi connectivity index (χ0v) is 20.5. The second-order valence-corrected chi connectivity index (χ2v) is 9.80. The number of hydrogen-bond donors (Lipinski definition) is 2. The Hall–Kier alpha value is -3.21. The maximum absolute atomic E-state index is 13.4. The molecular formula is C26H31FN6O3. The van der Waals surface area contributed by atoms with Crippen LogP contribution in [0.4, 0.5) is 10.3 Å². The molecule has 0 radical (unpaired) electrons. The van der Waals surface area contributed by atoms with Gasteiger partial charge >= 0.3 is 0 Å². The number of nitrogens with zero attached hydrogens (tertiary/aromatic N) is 4.